The number of ether oxygens (including phenoxy) is 1. The lowest BCUT2D eigenvalue weighted by Gasteiger charge is -2.08. The molecule has 0 saturated heterocycles. The van der Waals surface area contributed by atoms with Crippen LogP contribution in [0.3, 0.4) is 0 Å². The number of rotatable bonds is 7. The van der Waals surface area contributed by atoms with Crippen molar-refractivity contribution in [1.29, 1.82) is 0 Å². The Kier molecular flexibility index (Phi) is 5.74. The molecule has 6 heteroatoms. The van der Waals surface area contributed by atoms with Crippen molar-refractivity contribution in [3.63, 3.8) is 0 Å². The molecule has 4 aromatic rings. The van der Waals surface area contributed by atoms with Gasteiger partial charge in [0.2, 0.25) is 0 Å². The van der Waals surface area contributed by atoms with Gasteiger partial charge in [0.25, 0.3) is 5.91 Å². The van der Waals surface area contributed by atoms with Crippen LogP contribution in [0.15, 0.2) is 60.0 Å². The Balaban J connectivity index is 1.55. The van der Waals surface area contributed by atoms with Crippen LogP contribution in [0.1, 0.15) is 21.6 Å². The number of fused-ring (bicyclic) bond motifs is 1. The molecule has 2 aromatic carbocycles. The zero-order valence-electron chi connectivity index (χ0n) is 16.5. The van der Waals surface area contributed by atoms with Crippen molar-refractivity contribution >= 4 is 28.1 Å². The van der Waals surface area contributed by atoms with Crippen LogP contribution in [0.2, 0.25) is 0 Å². The van der Waals surface area contributed by atoms with Crippen LogP contribution in [0, 0.1) is 6.92 Å². The molecule has 0 bridgehead atoms. The number of benzene rings is 2. The number of thiazole rings is 1. The summed E-state index contributed by atoms with van der Waals surface area (Å²) in [6.45, 7) is 3.87. The number of nitrogens with zero attached hydrogens (tertiary/aromatic N) is 2. The van der Waals surface area contributed by atoms with E-state index in [1.165, 1.54) is 16.9 Å². The second kappa shape index (κ2) is 8.59. The Morgan fingerprint density at radius 1 is 1.17 bits per heavy atom. The van der Waals surface area contributed by atoms with Gasteiger partial charge >= 0.3 is 0 Å². The zero-order valence-corrected chi connectivity index (χ0v) is 17.3. The summed E-state index contributed by atoms with van der Waals surface area (Å²) in [6.07, 6.45) is 0. The lowest BCUT2D eigenvalue weighted by Crippen LogP contribution is -2.23. The predicted octanol–water partition coefficient (Wildman–Crippen LogP) is 4.65. The molecule has 2 aromatic heterocycles. The van der Waals surface area contributed by atoms with E-state index in [9.17, 15) is 4.79 Å². The standard InChI is InChI=1S/C23H23N3O2S/c1-16-7-9-17(10-8-16)14-24-22(27)19-15-29-23(25-19)21-13-18-5-3-4-6-20(18)26(21)11-12-28-2/h3-10,13,15H,11-12,14H2,1-2H3,(H,24,27). The maximum absolute atomic E-state index is 12.6. The van der Waals surface area contributed by atoms with Crippen molar-refractivity contribution in [2.75, 3.05) is 13.7 Å². The number of methoxy groups -OCH3 is 1. The van der Waals surface area contributed by atoms with Crippen molar-refractivity contribution in [2.24, 2.45) is 0 Å². The second-order valence-electron chi connectivity index (χ2n) is 6.94. The third kappa shape index (κ3) is 4.23. The Morgan fingerprint density at radius 2 is 1.97 bits per heavy atom. The van der Waals surface area contributed by atoms with Crippen LogP contribution in [0.25, 0.3) is 21.6 Å². The normalized spacial score (nSPS) is 11.1. The third-order valence-corrected chi connectivity index (χ3v) is 5.72. The van der Waals surface area contributed by atoms with Crippen LogP contribution < -0.4 is 5.32 Å². The average Bonchev–Trinajstić information content (AvgIpc) is 3.36. The van der Waals surface area contributed by atoms with E-state index in [0.717, 1.165) is 33.7 Å². The molecule has 29 heavy (non-hydrogen) atoms. The molecule has 0 aliphatic rings. The van der Waals surface area contributed by atoms with E-state index in [1.54, 1.807) is 7.11 Å². The molecule has 1 amide bonds. The number of para-hydroxylation sites is 1. The number of aromatic nitrogens is 2. The molecule has 2 heterocycles. The fourth-order valence-corrected chi connectivity index (χ4v) is 4.11. The molecule has 0 unspecified atom stereocenters. The highest BCUT2D eigenvalue weighted by molar-refractivity contribution is 7.13. The van der Waals surface area contributed by atoms with Crippen LogP contribution in [0.4, 0.5) is 0 Å². The molecule has 4 rings (SSSR count). The summed E-state index contributed by atoms with van der Waals surface area (Å²) in [6, 6.07) is 18.5. The molecule has 0 fully saturated rings. The van der Waals surface area contributed by atoms with Gasteiger partial charge in [-0.3, -0.25) is 4.79 Å². The molecule has 5 nitrogen and oxygen atoms in total. The van der Waals surface area contributed by atoms with Crippen molar-refractivity contribution in [2.45, 2.75) is 20.0 Å². The van der Waals surface area contributed by atoms with Crippen molar-refractivity contribution < 1.29 is 9.53 Å². The molecule has 0 radical (unpaired) electrons. The lowest BCUT2D eigenvalue weighted by atomic mass is 10.1. The second-order valence-corrected chi connectivity index (χ2v) is 7.80. The molecular weight excluding hydrogens is 382 g/mol. The summed E-state index contributed by atoms with van der Waals surface area (Å²) in [4.78, 5) is 17.2. The van der Waals surface area contributed by atoms with Gasteiger partial charge in [0.1, 0.15) is 10.7 Å². The zero-order chi connectivity index (χ0) is 20.2. The van der Waals surface area contributed by atoms with Gasteiger partial charge in [-0.1, -0.05) is 48.0 Å². The van der Waals surface area contributed by atoms with Gasteiger partial charge in [-0.15, -0.1) is 11.3 Å². The first-order valence-corrected chi connectivity index (χ1v) is 10.4. The Bertz CT molecular complexity index is 1130. The van der Waals surface area contributed by atoms with Crippen molar-refractivity contribution in [1.82, 2.24) is 14.9 Å². The highest BCUT2D eigenvalue weighted by Crippen LogP contribution is 2.30. The summed E-state index contributed by atoms with van der Waals surface area (Å²) in [7, 11) is 1.70. The van der Waals surface area contributed by atoms with Crippen molar-refractivity contribution in [3.05, 3.63) is 76.8 Å². The predicted molar refractivity (Wildman–Crippen MR) is 117 cm³/mol. The first kappa shape index (κ1) is 19.4. The van der Waals surface area contributed by atoms with E-state index >= 15 is 0 Å². The van der Waals surface area contributed by atoms with E-state index in [-0.39, 0.29) is 5.91 Å². The lowest BCUT2D eigenvalue weighted by molar-refractivity contribution is 0.0946. The van der Waals surface area contributed by atoms with Gasteiger partial charge in [-0.05, 0) is 24.6 Å². The molecular formula is C23H23N3O2S. The Labute approximate surface area is 174 Å². The fraction of sp³-hybridized carbons (Fsp3) is 0.217. The molecule has 1 N–H and O–H groups in total. The molecule has 0 aliphatic carbocycles. The number of nitrogens with one attached hydrogen (secondary N) is 1. The largest absolute Gasteiger partial charge is 0.383 e. The van der Waals surface area contributed by atoms with Gasteiger partial charge in [-0.2, -0.15) is 0 Å². The van der Waals surface area contributed by atoms with Gasteiger partial charge in [-0.25, -0.2) is 4.98 Å². The van der Waals surface area contributed by atoms with E-state index < -0.39 is 0 Å². The Morgan fingerprint density at radius 3 is 2.76 bits per heavy atom. The summed E-state index contributed by atoms with van der Waals surface area (Å²) >= 11 is 1.48. The number of hydrogen-bond acceptors (Lipinski definition) is 4. The smallest absolute Gasteiger partial charge is 0.271 e. The maximum atomic E-state index is 12.6. The SMILES string of the molecule is COCCn1c(-c2nc(C(=O)NCc3ccc(C)cc3)cs2)cc2ccccc21. The summed E-state index contributed by atoms with van der Waals surface area (Å²) < 4.78 is 7.48. The first-order valence-electron chi connectivity index (χ1n) is 9.52. The molecule has 0 saturated carbocycles. The highest BCUT2D eigenvalue weighted by Gasteiger charge is 2.16. The van der Waals surface area contributed by atoms with Gasteiger partial charge < -0.3 is 14.6 Å². The topological polar surface area (TPSA) is 56.2 Å². The van der Waals surface area contributed by atoms with E-state index in [4.69, 9.17) is 4.74 Å². The number of carbonyl (C=O) groups is 1. The third-order valence-electron chi connectivity index (χ3n) is 4.86. The number of amides is 1. The first-order chi connectivity index (χ1) is 14.2. The monoisotopic (exact) mass is 405 g/mol. The van der Waals surface area contributed by atoms with Crippen LogP contribution in [-0.2, 0) is 17.8 Å². The molecule has 0 aliphatic heterocycles. The van der Waals surface area contributed by atoms with E-state index in [2.05, 4.69) is 33.1 Å². The molecule has 148 valence electrons. The van der Waals surface area contributed by atoms with Gasteiger partial charge in [0.05, 0.1) is 12.3 Å². The molecule has 0 atom stereocenters. The quantitative estimate of drug-likeness (QED) is 0.487. The number of aryl methyl sites for hydroxylation is 1. The van der Waals surface area contributed by atoms with Crippen LogP contribution in [0.5, 0.6) is 0 Å². The maximum Gasteiger partial charge on any atom is 0.271 e. The van der Waals surface area contributed by atoms with Crippen LogP contribution >= 0.6 is 11.3 Å². The summed E-state index contributed by atoms with van der Waals surface area (Å²) in [5, 5.41) is 6.75. The highest BCUT2D eigenvalue weighted by atomic mass is 32.1. The minimum Gasteiger partial charge on any atom is -0.383 e. The summed E-state index contributed by atoms with van der Waals surface area (Å²) in [5.41, 5.74) is 4.86. The Hall–Kier alpha value is -2.96. The molecule has 0 spiro atoms. The number of hydrogen-bond donors (Lipinski definition) is 1. The minimum absolute atomic E-state index is 0.160. The van der Waals surface area contributed by atoms with E-state index in [1.807, 2.05) is 48.7 Å². The van der Waals surface area contributed by atoms with Crippen LogP contribution in [-0.4, -0.2) is 29.2 Å². The minimum atomic E-state index is -0.160. The summed E-state index contributed by atoms with van der Waals surface area (Å²) in [5.74, 6) is -0.160. The van der Waals surface area contributed by atoms with E-state index in [0.29, 0.717) is 18.8 Å². The average molecular weight is 406 g/mol. The van der Waals surface area contributed by atoms with Crippen molar-refractivity contribution in [3.8, 4) is 10.7 Å². The van der Waals surface area contributed by atoms with Gasteiger partial charge in [0.15, 0.2) is 0 Å². The van der Waals surface area contributed by atoms with Gasteiger partial charge in [0, 0.05) is 36.5 Å². The number of carbonyl (C=O) groups excluding carboxylic acids is 1. The fourth-order valence-electron chi connectivity index (χ4n) is 3.29.